The molecule has 1 saturated heterocycles. The molecule has 1 fully saturated rings. The first kappa shape index (κ1) is 11.5. The largest absolute Gasteiger partial charge is 0.368 e. The summed E-state index contributed by atoms with van der Waals surface area (Å²) in [6.45, 7) is 3.21. The minimum absolute atomic E-state index is 0.00185. The Morgan fingerprint density at radius 3 is 2.93 bits per heavy atom. The van der Waals surface area contributed by atoms with Crippen molar-refractivity contribution < 1.29 is 9.53 Å². The number of hydrogen-bond acceptors (Lipinski definition) is 3. The number of nitrogens with two attached hydrogens (primary N) is 1. The van der Waals surface area contributed by atoms with Gasteiger partial charge in [0.15, 0.2) is 0 Å². The van der Waals surface area contributed by atoms with Crippen LogP contribution in [0.4, 0.5) is 0 Å². The van der Waals surface area contributed by atoms with E-state index >= 15 is 0 Å². The summed E-state index contributed by atoms with van der Waals surface area (Å²) in [4.78, 5) is 11.6. The maximum atomic E-state index is 11.6. The maximum Gasteiger partial charge on any atom is 0.249 e. The molecule has 0 radical (unpaired) electrons. The lowest BCUT2D eigenvalue weighted by atomic mass is 10.1. The Bertz CT molecular complexity index is 175. The number of carbonyl (C=O) groups is 1. The number of nitrogens with one attached hydrogen (secondary N) is 1. The average molecular weight is 200 g/mol. The van der Waals surface area contributed by atoms with Gasteiger partial charge in [0.25, 0.3) is 0 Å². The lowest BCUT2D eigenvalue weighted by Gasteiger charge is -2.24. The molecular weight excluding hydrogens is 180 g/mol. The molecule has 14 heavy (non-hydrogen) atoms. The Hall–Kier alpha value is -0.610. The Labute approximate surface area is 85.2 Å². The summed E-state index contributed by atoms with van der Waals surface area (Å²) in [5.41, 5.74) is 5.51. The highest BCUT2D eigenvalue weighted by atomic mass is 16.5. The summed E-state index contributed by atoms with van der Waals surface area (Å²) in [7, 11) is 0. The molecular formula is C10H20N2O2. The van der Waals surface area contributed by atoms with E-state index in [9.17, 15) is 4.79 Å². The number of carbonyl (C=O) groups excluding carboxylic acids is 1. The van der Waals surface area contributed by atoms with Crippen molar-refractivity contribution in [3.8, 4) is 0 Å². The van der Waals surface area contributed by atoms with Crippen molar-refractivity contribution in [1.29, 1.82) is 0 Å². The zero-order valence-corrected chi connectivity index (χ0v) is 8.79. The Morgan fingerprint density at radius 1 is 1.64 bits per heavy atom. The van der Waals surface area contributed by atoms with Crippen LogP contribution in [0.1, 0.15) is 32.6 Å². The first-order valence-electron chi connectivity index (χ1n) is 5.40. The van der Waals surface area contributed by atoms with Crippen molar-refractivity contribution in [2.24, 2.45) is 5.73 Å². The lowest BCUT2D eigenvalue weighted by molar-refractivity contribution is -0.136. The molecule has 1 amide bonds. The standard InChI is InChI=1S/C10H20N2O2/c1-2-8(7-11)12-10(13)9-5-3-4-6-14-9/h8-9H,2-7,11H2,1H3,(H,12,13). The van der Waals surface area contributed by atoms with E-state index in [1.807, 2.05) is 6.92 Å². The van der Waals surface area contributed by atoms with E-state index < -0.39 is 0 Å². The molecule has 82 valence electrons. The lowest BCUT2D eigenvalue weighted by Crippen LogP contribution is -2.46. The number of ether oxygens (including phenoxy) is 1. The van der Waals surface area contributed by atoms with Gasteiger partial charge in [-0.3, -0.25) is 4.79 Å². The minimum Gasteiger partial charge on any atom is -0.368 e. The SMILES string of the molecule is CCC(CN)NC(=O)C1CCCCO1. The number of rotatable bonds is 4. The van der Waals surface area contributed by atoms with E-state index in [0.717, 1.165) is 25.7 Å². The van der Waals surface area contributed by atoms with Crippen molar-refractivity contribution in [3.05, 3.63) is 0 Å². The van der Waals surface area contributed by atoms with Crippen molar-refractivity contribution >= 4 is 5.91 Å². The Balaban J connectivity index is 2.32. The fourth-order valence-corrected chi connectivity index (χ4v) is 1.57. The van der Waals surface area contributed by atoms with Crippen LogP contribution in [0.3, 0.4) is 0 Å². The molecule has 1 aliphatic heterocycles. The third-order valence-electron chi connectivity index (χ3n) is 2.60. The van der Waals surface area contributed by atoms with E-state index in [2.05, 4.69) is 5.32 Å². The quantitative estimate of drug-likeness (QED) is 0.691. The van der Waals surface area contributed by atoms with Crippen LogP contribution in [0.2, 0.25) is 0 Å². The molecule has 3 N–H and O–H groups in total. The van der Waals surface area contributed by atoms with Crippen molar-refractivity contribution in [2.75, 3.05) is 13.2 Å². The van der Waals surface area contributed by atoms with Crippen LogP contribution in [0.15, 0.2) is 0 Å². The monoisotopic (exact) mass is 200 g/mol. The second-order valence-corrected chi connectivity index (χ2v) is 3.70. The van der Waals surface area contributed by atoms with Crippen LogP contribution in [0, 0.1) is 0 Å². The second-order valence-electron chi connectivity index (χ2n) is 3.70. The highest BCUT2D eigenvalue weighted by Crippen LogP contribution is 2.12. The van der Waals surface area contributed by atoms with Crippen LogP contribution in [-0.4, -0.2) is 31.2 Å². The maximum absolute atomic E-state index is 11.6. The van der Waals surface area contributed by atoms with Gasteiger partial charge in [-0.25, -0.2) is 0 Å². The topological polar surface area (TPSA) is 64.3 Å². The van der Waals surface area contributed by atoms with Crippen LogP contribution in [0.25, 0.3) is 0 Å². The third-order valence-corrected chi connectivity index (χ3v) is 2.60. The summed E-state index contributed by atoms with van der Waals surface area (Å²) in [6.07, 6.45) is 3.61. The predicted octanol–water partition coefficient (Wildman–Crippen LogP) is 0.409. The summed E-state index contributed by atoms with van der Waals surface area (Å²) >= 11 is 0. The highest BCUT2D eigenvalue weighted by Gasteiger charge is 2.23. The molecule has 1 aliphatic rings. The first-order chi connectivity index (χ1) is 6.77. The van der Waals surface area contributed by atoms with E-state index in [-0.39, 0.29) is 18.1 Å². The molecule has 2 unspecified atom stereocenters. The van der Waals surface area contributed by atoms with Crippen LogP contribution in [0.5, 0.6) is 0 Å². The molecule has 4 nitrogen and oxygen atoms in total. The Morgan fingerprint density at radius 2 is 2.43 bits per heavy atom. The summed E-state index contributed by atoms with van der Waals surface area (Å²) in [5.74, 6) is 0.00185. The average Bonchev–Trinajstić information content (AvgIpc) is 2.26. The molecule has 4 heteroatoms. The van der Waals surface area contributed by atoms with Crippen LogP contribution >= 0.6 is 0 Å². The van der Waals surface area contributed by atoms with Gasteiger partial charge in [-0.2, -0.15) is 0 Å². The number of hydrogen-bond donors (Lipinski definition) is 2. The summed E-state index contributed by atoms with van der Waals surface area (Å²) in [6, 6.07) is 0.0908. The molecule has 0 bridgehead atoms. The zero-order valence-electron chi connectivity index (χ0n) is 8.79. The first-order valence-corrected chi connectivity index (χ1v) is 5.40. The molecule has 1 rings (SSSR count). The normalized spacial score (nSPS) is 24.3. The van der Waals surface area contributed by atoms with Gasteiger partial charge in [0, 0.05) is 19.2 Å². The number of amides is 1. The molecule has 0 aliphatic carbocycles. The molecule has 0 saturated carbocycles. The fraction of sp³-hybridized carbons (Fsp3) is 0.900. The molecule has 1 heterocycles. The van der Waals surface area contributed by atoms with Gasteiger partial charge in [0.2, 0.25) is 5.91 Å². The van der Waals surface area contributed by atoms with Gasteiger partial charge >= 0.3 is 0 Å². The van der Waals surface area contributed by atoms with Gasteiger partial charge in [-0.05, 0) is 25.7 Å². The van der Waals surface area contributed by atoms with Gasteiger partial charge < -0.3 is 15.8 Å². The molecule has 0 aromatic heterocycles. The fourth-order valence-electron chi connectivity index (χ4n) is 1.57. The van der Waals surface area contributed by atoms with Gasteiger partial charge in [0.05, 0.1) is 0 Å². The smallest absolute Gasteiger partial charge is 0.249 e. The van der Waals surface area contributed by atoms with Crippen molar-refractivity contribution in [1.82, 2.24) is 5.32 Å². The van der Waals surface area contributed by atoms with E-state index in [0.29, 0.717) is 13.2 Å². The van der Waals surface area contributed by atoms with Crippen LogP contribution in [-0.2, 0) is 9.53 Å². The Kier molecular flexibility index (Phi) is 4.90. The molecule has 0 spiro atoms. The second kappa shape index (κ2) is 5.98. The van der Waals surface area contributed by atoms with E-state index in [4.69, 9.17) is 10.5 Å². The molecule has 0 aromatic carbocycles. The highest BCUT2D eigenvalue weighted by molar-refractivity contribution is 5.81. The third kappa shape index (κ3) is 3.27. The minimum atomic E-state index is -0.246. The summed E-state index contributed by atoms with van der Waals surface area (Å²) < 4.78 is 5.38. The summed E-state index contributed by atoms with van der Waals surface area (Å²) in [5, 5.41) is 2.90. The van der Waals surface area contributed by atoms with Crippen molar-refractivity contribution in [2.45, 2.75) is 44.8 Å². The van der Waals surface area contributed by atoms with Gasteiger partial charge in [0.1, 0.15) is 6.10 Å². The molecule has 0 aromatic rings. The van der Waals surface area contributed by atoms with Crippen LogP contribution < -0.4 is 11.1 Å². The van der Waals surface area contributed by atoms with Crippen molar-refractivity contribution in [3.63, 3.8) is 0 Å². The van der Waals surface area contributed by atoms with Gasteiger partial charge in [-0.1, -0.05) is 6.92 Å². The zero-order chi connectivity index (χ0) is 10.4. The van der Waals surface area contributed by atoms with E-state index in [1.54, 1.807) is 0 Å². The predicted molar refractivity (Wildman–Crippen MR) is 54.9 cm³/mol. The van der Waals surface area contributed by atoms with E-state index in [1.165, 1.54) is 0 Å². The molecule has 2 atom stereocenters. The van der Waals surface area contributed by atoms with Gasteiger partial charge in [-0.15, -0.1) is 0 Å².